The Balaban J connectivity index is 1.83. The normalized spacial score (nSPS) is 24.0. The van der Waals surface area contributed by atoms with Gasteiger partial charge in [0.1, 0.15) is 0 Å². The summed E-state index contributed by atoms with van der Waals surface area (Å²) in [4.78, 5) is 2.58. The molecule has 2 heterocycles. The van der Waals surface area contributed by atoms with E-state index in [1.807, 2.05) is 6.20 Å². The van der Waals surface area contributed by atoms with Crippen molar-refractivity contribution in [3.05, 3.63) is 18.0 Å². The molecule has 0 radical (unpaired) electrons. The average Bonchev–Trinajstić information content (AvgIpc) is 2.84. The first-order chi connectivity index (χ1) is 5.93. The van der Waals surface area contributed by atoms with Gasteiger partial charge < -0.3 is 0 Å². The first-order valence-corrected chi connectivity index (χ1v) is 4.68. The maximum absolute atomic E-state index is 4.26. The molecule has 0 aromatic carbocycles. The lowest BCUT2D eigenvalue weighted by molar-refractivity contribution is 0.204. The largest absolute Gasteiger partial charge is 0.293 e. The molecule has 0 atom stereocenters. The van der Waals surface area contributed by atoms with Crippen LogP contribution in [0.15, 0.2) is 12.3 Å². The molecule has 1 fully saturated rings. The van der Waals surface area contributed by atoms with Gasteiger partial charge in [0.25, 0.3) is 0 Å². The fourth-order valence-electron chi connectivity index (χ4n) is 1.96. The minimum atomic E-state index is 0.897. The standard InChI is InChI=1S/C9H13N3/c1-2-8(1)11-5-6-12-9(7-11)3-4-10-12/h3-4,8H,1-2,5-7H2. The molecule has 3 rings (SSSR count). The molecule has 0 spiro atoms. The van der Waals surface area contributed by atoms with Crippen LogP contribution < -0.4 is 0 Å². The van der Waals surface area contributed by atoms with Crippen LogP contribution in [0.3, 0.4) is 0 Å². The lowest BCUT2D eigenvalue weighted by Gasteiger charge is -2.27. The summed E-state index contributed by atoms with van der Waals surface area (Å²) in [6.45, 7) is 3.39. The Labute approximate surface area is 72.0 Å². The Morgan fingerprint density at radius 1 is 1.33 bits per heavy atom. The Morgan fingerprint density at radius 3 is 3.08 bits per heavy atom. The van der Waals surface area contributed by atoms with E-state index >= 15 is 0 Å². The van der Waals surface area contributed by atoms with Crippen LogP contribution in [-0.4, -0.2) is 27.3 Å². The number of aromatic nitrogens is 2. The van der Waals surface area contributed by atoms with Crippen molar-refractivity contribution in [2.75, 3.05) is 6.54 Å². The number of rotatable bonds is 1. The van der Waals surface area contributed by atoms with Gasteiger partial charge in [0.05, 0.1) is 12.2 Å². The van der Waals surface area contributed by atoms with Crippen LogP contribution in [0.25, 0.3) is 0 Å². The molecule has 1 aliphatic carbocycles. The summed E-state index contributed by atoms with van der Waals surface area (Å²) in [5, 5.41) is 4.26. The second kappa shape index (κ2) is 2.33. The van der Waals surface area contributed by atoms with Gasteiger partial charge in [-0.05, 0) is 18.9 Å². The van der Waals surface area contributed by atoms with Crippen molar-refractivity contribution in [3.8, 4) is 0 Å². The van der Waals surface area contributed by atoms with Crippen LogP contribution in [0.4, 0.5) is 0 Å². The second-order valence-corrected chi connectivity index (χ2v) is 3.75. The Bertz CT molecular complexity index is 288. The zero-order valence-electron chi connectivity index (χ0n) is 7.11. The molecule has 1 aliphatic heterocycles. The molecule has 0 amide bonds. The Morgan fingerprint density at radius 2 is 2.25 bits per heavy atom. The molecular formula is C9H13N3. The summed E-state index contributed by atoms with van der Waals surface area (Å²) in [7, 11) is 0. The van der Waals surface area contributed by atoms with E-state index in [-0.39, 0.29) is 0 Å². The first kappa shape index (κ1) is 6.66. The highest BCUT2D eigenvalue weighted by Crippen LogP contribution is 2.29. The first-order valence-electron chi connectivity index (χ1n) is 4.68. The molecule has 3 heteroatoms. The molecule has 0 saturated heterocycles. The molecule has 2 aliphatic rings. The van der Waals surface area contributed by atoms with Gasteiger partial charge in [0.2, 0.25) is 0 Å². The van der Waals surface area contributed by atoms with E-state index in [0.717, 1.165) is 19.1 Å². The maximum atomic E-state index is 4.26. The molecule has 12 heavy (non-hydrogen) atoms. The summed E-state index contributed by atoms with van der Waals surface area (Å²) in [5.74, 6) is 0. The van der Waals surface area contributed by atoms with Crippen LogP contribution in [0.1, 0.15) is 18.5 Å². The van der Waals surface area contributed by atoms with Crippen LogP contribution in [0, 0.1) is 0 Å². The van der Waals surface area contributed by atoms with Crippen LogP contribution in [0.2, 0.25) is 0 Å². The monoisotopic (exact) mass is 163 g/mol. The molecule has 0 N–H and O–H groups in total. The van der Waals surface area contributed by atoms with E-state index in [9.17, 15) is 0 Å². The third-order valence-corrected chi connectivity index (χ3v) is 2.83. The second-order valence-electron chi connectivity index (χ2n) is 3.75. The molecule has 1 saturated carbocycles. The molecule has 64 valence electrons. The van der Waals surface area contributed by atoms with Gasteiger partial charge in [0, 0.05) is 25.3 Å². The van der Waals surface area contributed by atoms with E-state index < -0.39 is 0 Å². The SMILES string of the molecule is c1cc2n(n1)CCN(C1CC1)C2. The fourth-order valence-corrected chi connectivity index (χ4v) is 1.96. The smallest absolute Gasteiger partial charge is 0.0540 e. The fraction of sp³-hybridized carbons (Fsp3) is 0.667. The molecular weight excluding hydrogens is 150 g/mol. The third kappa shape index (κ3) is 0.966. The van der Waals surface area contributed by atoms with Gasteiger partial charge in [-0.3, -0.25) is 9.58 Å². The van der Waals surface area contributed by atoms with Crippen molar-refractivity contribution in [2.45, 2.75) is 32.0 Å². The zero-order chi connectivity index (χ0) is 7.97. The van der Waals surface area contributed by atoms with Crippen LogP contribution in [0.5, 0.6) is 0 Å². The molecule has 1 aromatic heterocycles. The van der Waals surface area contributed by atoms with Gasteiger partial charge in [-0.15, -0.1) is 0 Å². The predicted octanol–water partition coefficient (Wildman–Crippen LogP) is 0.861. The van der Waals surface area contributed by atoms with E-state index in [0.29, 0.717) is 0 Å². The highest BCUT2D eigenvalue weighted by molar-refractivity contribution is 5.04. The van der Waals surface area contributed by atoms with Crippen molar-refractivity contribution in [2.24, 2.45) is 0 Å². The average molecular weight is 163 g/mol. The van der Waals surface area contributed by atoms with E-state index in [2.05, 4.69) is 20.7 Å². The minimum absolute atomic E-state index is 0.897. The summed E-state index contributed by atoms with van der Waals surface area (Å²) < 4.78 is 2.12. The summed E-state index contributed by atoms with van der Waals surface area (Å²) >= 11 is 0. The summed E-state index contributed by atoms with van der Waals surface area (Å²) in [5.41, 5.74) is 1.38. The van der Waals surface area contributed by atoms with Gasteiger partial charge >= 0.3 is 0 Å². The number of hydrogen-bond acceptors (Lipinski definition) is 2. The molecule has 0 bridgehead atoms. The number of fused-ring (bicyclic) bond motifs is 1. The zero-order valence-corrected chi connectivity index (χ0v) is 7.11. The van der Waals surface area contributed by atoms with Crippen molar-refractivity contribution in [1.29, 1.82) is 0 Å². The van der Waals surface area contributed by atoms with Crippen molar-refractivity contribution < 1.29 is 0 Å². The minimum Gasteiger partial charge on any atom is -0.293 e. The van der Waals surface area contributed by atoms with Crippen molar-refractivity contribution in [1.82, 2.24) is 14.7 Å². The van der Waals surface area contributed by atoms with Gasteiger partial charge in [-0.2, -0.15) is 5.10 Å². The molecule has 1 aromatic rings. The van der Waals surface area contributed by atoms with Crippen LogP contribution >= 0.6 is 0 Å². The lowest BCUT2D eigenvalue weighted by Crippen LogP contribution is -2.35. The van der Waals surface area contributed by atoms with Gasteiger partial charge in [-0.25, -0.2) is 0 Å². The van der Waals surface area contributed by atoms with Gasteiger partial charge in [0.15, 0.2) is 0 Å². The van der Waals surface area contributed by atoms with Crippen LogP contribution in [-0.2, 0) is 13.1 Å². The predicted molar refractivity (Wildman–Crippen MR) is 45.7 cm³/mol. The van der Waals surface area contributed by atoms with E-state index in [1.54, 1.807) is 0 Å². The Hall–Kier alpha value is -0.830. The molecule has 0 unspecified atom stereocenters. The van der Waals surface area contributed by atoms with Crippen molar-refractivity contribution >= 4 is 0 Å². The third-order valence-electron chi connectivity index (χ3n) is 2.83. The number of hydrogen-bond donors (Lipinski definition) is 0. The van der Waals surface area contributed by atoms with E-state index in [1.165, 1.54) is 25.1 Å². The Kier molecular flexibility index (Phi) is 1.29. The summed E-state index contributed by atoms with van der Waals surface area (Å²) in [6.07, 6.45) is 4.73. The quantitative estimate of drug-likeness (QED) is 0.612. The molecule has 3 nitrogen and oxygen atoms in total. The maximum Gasteiger partial charge on any atom is 0.0540 e. The number of nitrogens with zero attached hydrogens (tertiary/aromatic N) is 3. The van der Waals surface area contributed by atoms with Gasteiger partial charge in [-0.1, -0.05) is 0 Å². The van der Waals surface area contributed by atoms with E-state index in [4.69, 9.17) is 0 Å². The topological polar surface area (TPSA) is 21.1 Å². The lowest BCUT2D eigenvalue weighted by atomic mass is 10.3. The highest BCUT2D eigenvalue weighted by Gasteiger charge is 2.31. The highest BCUT2D eigenvalue weighted by atomic mass is 15.3. The van der Waals surface area contributed by atoms with Crippen molar-refractivity contribution in [3.63, 3.8) is 0 Å². The summed E-state index contributed by atoms with van der Waals surface area (Å²) in [6, 6.07) is 3.03.